The van der Waals surface area contributed by atoms with E-state index in [9.17, 15) is 22.4 Å². The zero-order valence-corrected chi connectivity index (χ0v) is 22.7. The second kappa shape index (κ2) is 12.0. The van der Waals surface area contributed by atoms with Gasteiger partial charge >= 0.3 is 5.97 Å². The van der Waals surface area contributed by atoms with Gasteiger partial charge in [-0.3, -0.25) is 10.1 Å². The van der Waals surface area contributed by atoms with Gasteiger partial charge in [-0.25, -0.2) is 22.6 Å². The molecule has 1 aliphatic rings. The maximum atomic E-state index is 14.4. The van der Waals surface area contributed by atoms with E-state index in [1.54, 1.807) is 5.38 Å². The lowest BCUT2D eigenvalue weighted by Crippen LogP contribution is -2.40. The molecule has 1 aliphatic heterocycles. The first kappa shape index (κ1) is 27.6. The third kappa shape index (κ3) is 6.26. The highest BCUT2D eigenvalue weighted by Gasteiger charge is 2.28. The van der Waals surface area contributed by atoms with Gasteiger partial charge in [-0.2, -0.15) is 4.31 Å². The van der Waals surface area contributed by atoms with E-state index in [0.717, 1.165) is 34.9 Å². The van der Waals surface area contributed by atoms with Crippen LogP contribution < -0.4 is 5.32 Å². The molecule has 0 atom stereocenters. The third-order valence-corrected chi connectivity index (χ3v) is 8.79. The van der Waals surface area contributed by atoms with E-state index in [1.807, 2.05) is 54.6 Å². The Bertz CT molecular complexity index is 1620. The van der Waals surface area contributed by atoms with E-state index in [-0.39, 0.29) is 31.2 Å². The van der Waals surface area contributed by atoms with Gasteiger partial charge in [0.1, 0.15) is 5.82 Å². The van der Waals surface area contributed by atoms with Gasteiger partial charge in [0.15, 0.2) is 11.7 Å². The number of anilines is 1. The van der Waals surface area contributed by atoms with Crippen molar-refractivity contribution in [2.75, 3.05) is 38.2 Å². The lowest BCUT2D eigenvalue weighted by atomic mass is 10.0. The number of benzene rings is 3. The summed E-state index contributed by atoms with van der Waals surface area (Å²) < 4.78 is 51.4. The van der Waals surface area contributed by atoms with Crippen LogP contribution in [0.15, 0.2) is 83.1 Å². The first-order chi connectivity index (χ1) is 19.3. The Balaban J connectivity index is 1.19. The Morgan fingerprint density at radius 2 is 1.65 bits per heavy atom. The first-order valence-corrected chi connectivity index (χ1v) is 14.6. The first-order valence-electron chi connectivity index (χ1n) is 12.3. The maximum absolute atomic E-state index is 14.4. The topological polar surface area (TPSA) is 115 Å². The number of esters is 1. The van der Waals surface area contributed by atoms with Crippen LogP contribution in [0.5, 0.6) is 0 Å². The number of ether oxygens (including phenoxy) is 2. The molecule has 0 spiro atoms. The Kier molecular flexibility index (Phi) is 8.31. The van der Waals surface area contributed by atoms with Crippen molar-refractivity contribution in [3.63, 3.8) is 0 Å². The van der Waals surface area contributed by atoms with Crippen molar-refractivity contribution < 1.29 is 31.9 Å². The lowest BCUT2D eigenvalue weighted by Gasteiger charge is -2.26. The average molecular weight is 582 g/mol. The second-order valence-corrected chi connectivity index (χ2v) is 11.6. The molecule has 12 heteroatoms. The molecule has 2 heterocycles. The van der Waals surface area contributed by atoms with Crippen LogP contribution >= 0.6 is 11.3 Å². The number of hydrogen-bond acceptors (Lipinski definition) is 8. The fourth-order valence-corrected chi connectivity index (χ4v) is 6.22. The smallest absolute Gasteiger partial charge is 0.341 e. The summed E-state index contributed by atoms with van der Waals surface area (Å²) in [5, 5.41) is 4.64. The number of hydrogen-bond donors (Lipinski definition) is 1. The van der Waals surface area contributed by atoms with Crippen molar-refractivity contribution in [1.82, 2.24) is 9.29 Å². The van der Waals surface area contributed by atoms with E-state index in [4.69, 9.17) is 9.47 Å². The van der Waals surface area contributed by atoms with E-state index in [1.165, 1.54) is 15.6 Å². The molecular weight excluding hydrogens is 557 g/mol. The van der Waals surface area contributed by atoms with Gasteiger partial charge in [-0.05, 0) is 29.3 Å². The SMILES string of the molecule is O=C(COC(=O)c1cc(S(=O)(=O)N2CCOCC2)ccc1F)Nc1nc(-c2ccc(-c3ccccc3)cc2)cs1. The summed E-state index contributed by atoms with van der Waals surface area (Å²) in [5.74, 6) is -2.80. The molecule has 5 rings (SSSR count). The predicted octanol–water partition coefficient (Wildman–Crippen LogP) is 4.43. The van der Waals surface area contributed by atoms with Crippen LogP contribution in [0, 0.1) is 5.82 Å². The fraction of sp³-hybridized carbons (Fsp3) is 0.179. The van der Waals surface area contributed by atoms with E-state index in [2.05, 4.69) is 10.3 Å². The number of nitrogens with one attached hydrogen (secondary N) is 1. The summed E-state index contributed by atoms with van der Waals surface area (Å²) in [6, 6.07) is 20.7. The minimum absolute atomic E-state index is 0.150. The molecule has 1 saturated heterocycles. The quantitative estimate of drug-likeness (QED) is 0.306. The van der Waals surface area contributed by atoms with Gasteiger partial charge in [0.05, 0.1) is 29.4 Å². The molecule has 4 aromatic rings. The van der Waals surface area contributed by atoms with E-state index in [0.29, 0.717) is 10.8 Å². The molecule has 1 amide bonds. The molecule has 0 unspecified atom stereocenters. The van der Waals surface area contributed by atoms with Gasteiger partial charge in [-0.1, -0.05) is 54.6 Å². The highest BCUT2D eigenvalue weighted by molar-refractivity contribution is 7.89. The number of amides is 1. The van der Waals surface area contributed by atoms with Gasteiger partial charge in [0.2, 0.25) is 10.0 Å². The summed E-state index contributed by atoms with van der Waals surface area (Å²) in [5.41, 5.74) is 3.11. The van der Waals surface area contributed by atoms with Crippen LogP contribution in [-0.2, 0) is 24.3 Å². The summed E-state index contributed by atoms with van der Waals surface area (Å²) in [4.78, 5) is 29.1. The number of morpholine rings is 1. The maximum Gasteiger partial charge on any atom is 0.341 e. The van der Waals surface area contributed by atoms with Crippen molar-refractivity contribution in [2.24, 2.45) is 0 Å². The average Bonchev–Trinajstić information content (AvgIpc) is 3.45. The van der Waals surface area contributed by atoms with Gasteiger partial charge in [0.25, 0.3) is 5.91 Å². The molecule has 1 N–H and O–H groups in total. The van der Waals surface area contributed by atoms with Gasteiger partial charge in [-0.15, -0.1) is 11.3 Å². The number of carbonyl (C=O) groups is 2. The summed E-state index contributed by atoms with van der Waals surface area (Å²) in [6.45, 7) is 0.0742. The predicted molar refractivity (Wildman–Crippen MR) is 148 cm³/mol. The Morgan fingerprint density at radius 3 is 2.38 bits per heavy atom. The van der Waals surface area contributed by atoms with Crippen LogP contribution in [0.4, 0.5) is 9.52 Å². The zero-order chi connectivity index (χ0) is 28.1. The van der Waals surface area contributed by atoms with Crippen molar-refractivity contribution in [1.29, 1.82) is 0 Å². The number of halogens is 1. The van der Waals surface area contributed by atoms with Crippen LogP contribution in [0.1, 0.15) is 10.4 Å². The molecular formula is C28H24FN3O6S2. The van der Waals surface area contributed by atoms with Crippen LogP contribution in [-0.4, -0.2) is 62.5 Å². The number of thiazole rings is 1. The monoisotopic (exact) mass is 581 g/mol. The molecule has 1 aromatic heterocycles. The molecule has 1 fully saturated rings. The van der Waals surface area contributed by atoms with E-state index >= 15 is 0 Å². The molecule has 206 valence electrons. The molecule has 9 nitrogen and oxygen atoms in total. The van der Waals surface area contributed by atoms with Crippen molar-refractivity contribution in [3.8, 4) is 22.4 Å². The summed E-state index contributed by atoms with van der Waals surface area (Å²) in [7, 11) is -3.95. The number of sulfonamides is 1. The molecule has 0 saturated carbocycles. The van der Waals surface area contributed by atoms with Crippen molar-refractivity contribution in [2.45, 2.75) is 4.90 Å². The van der Waals surface area contributed by atoms with Crippen molar-refractivity contribution >= 4 is 38.4 Å². The summed E-state index contributed by atoms with van der Waals surface area (Å²) >= 11 is 1.20. The van der Waals surface area contributed by atoms with E-state index < -0.39 is 39.9 Å². The number of nitrogens with zero attached hydrogens (tertiary/aromatic N) is 2. The molecule has 0 bridgehead atoms. The number of carbonyl (C=O) groups excluding carboxylic acids is 2. The fourth-order valence-electron chi connectivity index (χ4n) is 4.05. The van der Waals surface area contributed by atoms with Crippen LogP contribution in [0.2, 0.25) is 0 Å². The van der Waals surface area contributed by atoms with Crippen molar-refractivity contribution in [3.05, 3.63) is 89.6 Å². The largest absolute Gasteiger partial charge is 0.452 e. The highest BCUT2D eigenvalue weighted by atomic mass is 32.2. The Labute approximate surface area is 234 Å². The number of aromatic nitrogens is 1. The Morgan fingerprint density at radius 1 is 0.975 bits per heavy atom. The van der Waals surface area contributed by atoms with Gasteiger partial charge in [0, 0.05) is 24.0 Å². The molecule has 40 heavy (non-hydrogen) atoms. The number of rotatable bonds is 8. The minimum Gasteiger partial charge on any atom is -0.452 e. The standard InChI is InChI=1S/C28H24FN3O6S2/c29-24-11-10-22(40(35,36)32-12-14-37-15-13-32)16-23(24)27(34)38-17-26(33)31-28-30-25(18-39-28)21-8-6-20(7-9-21)19-4-2-1-3-5-19/h1-11,16,18H,12-15,17H2,(H,30,31,33). The van der Waals surface area contributed by atoms with Gasteiger partial charge < -0.3 is 9.47 Å². The molecule has 3 aromatic carbocycles. The molecule has 0 aliphatic carbocycles. The highest BCUT2D eigenvalue weighted by Crippen LogP contribution is 2.28. The van der Waals surface area contributed by atoms with Crippen LogP contribution in [0.25, 0.3) is 22.4 Å². The zero-order valence-electron chi connectivity index (χ0n) is 21.1. The normalized spacial score (nSPS) is 14.0. The van der Waals surface area contributed by atoms with Crippen LogP contribution in [0.3, 0.4) is 0 Å². The molecule has 0 radical (unpaired) electrons. The third-order valence-electron chi connectivity index (χ3n) is 6.14. The Hall–Kier alpha value is -3.97. The summed E-state index contributed by atoms with van der Waals surface area (Å²) in [6.07, 6.45) is 0. The second-order valence-electron chi connectivity index (χ2n) is 8.76. The lowest BCUT2D eigenvalue weighted by molar-refractivity contribution is -0.119. The minimum atomic E-state index is -3.95.